The molecule has 4 N–H and O–H groups in total. The van der Waals surface area contributed by atoms with Crippen LogP contribution in [0.5, 0.6) is 5.75 Å². The Kier molecular flexibility index (Phi) is 3.04. The summed E-state index contributed by atoms with van der Waals surface area (Å²) in [5, 5.41) is 18.6. The van der Waals surface area contributed by atoms with Crippen LogP contribution in [0.4, 0.5) is 0 Å². The van der Waals surface area contributed by atoms with Crippen molar-refractivity contribution < 1.29 is 15.0 Å². The lowest BCUT2D eigenvalue weighted by molar-refractivity contribution is -0.142. The molecule has 17 heavy (non-hydrogen) atoms. The van der Waals surface area contributed by atoms with Gasteiger partial charge in [0.25, 0.3) is 0 Å². The van der Waals surface area contributed by atoms with E-state index in [2.05, 4.69) is 0 Å². The van der Waals surface area contributed by atoms with Crippen LogP contribution in [0.15, 0.2) is 24.3 Å². The number of carboxylic acid groups (broad SMARTS) is 1. The van der Waals surface area contributed by atoms with Crippen molar-refractivity contribution in [1.29, 1.82) is 0 Å². The molecule has 1 saturated heterocycles. The van der Waals surface area contributed by atoms with Crippen LogP contribution in [-0.2, 0) is 11.3 Å². The Labute approximate surface area is 99.5 Å². The monoisotopic (exact) mass is 236 g/mol. The number of rotatable bonds is 3. The molecular formula is C12H16N2O3. The van der Waals surface area contributed by atoms with Gasteiger partial charge in [-0.25, -0.2) is 0 Å². The SMILES string of the molecule is N[C@]1(C(=O)O)CCN(Cc2ccccc2O)C1. The molecule has 1 fully saturated rings. The van der Waals surface area contributed by atoms with Crippen molar-refractivity contribution in [2.45, 2.75) is 18.5 Å². The zero-order valence-corrected chi connectivity index (χ0v) is 9.47. The zero-order valence-electron chi connectivity index (χ0n) is 9.47. The third-order valence-electron chi connectivity index (χ3n) is 3.19. The highest BCUT2D eigenvalue weighted by Gasteiger charge is 2.41. The second-order valence-corrected chi connectivity index (χ2v) is 4.55. The van der Waals surface area contributed by atoms with Crippen molar-refractivity contribution in [3.63, 3.8) is 0 Å². The Morgan fingerprint density at radius 3 is 2.76 bits per heavy atom. The molecule has 1 atom stereocenters. The van der Waals surface area contributed by atoms with E-state index in [0.717, 1.165) is 5.56 Å². The first kappa shape index (κ1) is 11.9. The Hall–Kier alpha value is -1.59. The number of nitrogens with zero attached hydrogens (tertiary/aromatic N) is 1. The van der Waals surface area contributed by atoms with Crippen molar-refractivity contribution in [1.82, 2.24) is 4.90 Å². The van der Waals surface area contributed by atoms with E-state index in [-0.39, 0.29) is 5.75 Å². The highest BCUT2D eigenvalue weighted by atomic mass is 16.4. The standard InChI is InChI=1S/C12H16N2O3/c13-12(11(16)17)5-6-14(8-12)7-9-3-1-2-4-10(9)15/h1-4,15H,5-8,13H2,(H,16,17)/t12-/m1/s1. The van der Waals surface area contributed by atoms with E-state index in [1.54, 1.807) is 12.1 Å². The second-order valence-electron chi connectivity index (χ2n) is 4.55. The smallest absolute Gasteiger partial charge is 0.325 e. The zero-order chi connectivity index (χ0) is 12.5. The summed E-state index contributed by atoms with van der Waals surface area (Å²) in [7, 11) is 0. The molecule has 5 nitrogen and oxygen atoms in total. The van der Waals surface area contributed by atoms with E-state index < -0.39 is 11.5 Å². The topological polar surface area (TPSA) is 86.8 Å². The van der Waals surface area contributed by atoms with Gasteiger partial charge < -0.3 is 15.9 Å². The molecule has 0 bridgehead atoms. The number of hydrogen-bond donors (Lipinski definition) is 3. The van der Waals surface area contributed by atoms with Crippen LogP contribution in [0.2, 0.25) is 0 Å². The van der Waals surface area contributed by atoms with E-state index in [0.29, 0.717) is 26.1 Å². The molecule has 1 aromatic rings. The molecule has 0 spiro atoms. The molecular weight excluding hydrogens is 220 g/mol. The molecule has 1 aromatic carbocycles. The number of phenolic OH excluding ortho intramolecular Hbond substituents is 1. The fourth-order valence-corrected chi connectivity index (χ4v) is 2.11. The van der Waals surface area contributed by atoms with Crippen molar-refractivity contribution in [3.05, 3.63) is 29.8 Å². The van der Waals surface area contributed by atoms with Crippen LogP contribution in [-0.4, -0.2) is 39.7 Å². The van der Waals surface area contributed by atoms with Gasteiger partial charge in [0.05, 0.1) is 0 Å². The molecule has 0 amide bonds. The molecule has 2 rings (SSSR count). The number of para-hydroxylation sites is 1. The maximum atomic E-state index is 11.0. The Balaban J connectivity index is 2.04. The highest BCUT2D eigenvalue weighted by Crippen LogP contribution is 2.24. The molecule has 92 valence electrons. The first-order valence-electron chi connectivity index (χ1n) is 5.53. The van der Waals surface area contributed by atoms with Gasteiger partial charge in [-0.15, -0.1) is 0 Å². The molecule has 1 aliphatic heterocycles. The Morgan fingerprint density at radius 2 is 2.18 bits per heavy atom. The summed E-state index contributed by atoms with van der Waals surface area (Å²) in [6.07, 6.45) is 0.440. The van der Waals surface area contributed by atoms with Gasteiger partial charge in [0.1, 0.15) is 11.3 Å². The summed E-state index contributed by atoms with van der Waals surface area (Å²) in [6.45, 7) is 1.48. The van der Waals surface area contributed by atoms with Crippen LogP contribution < -0.4 is 5.73 Å². The molecule has 1 heterocycles. The van der Waals surface area contributed by atoms with Crippen LogP contribution in [0.1, 0.15) is 12.0 Å². The average molecular weight is 236 g/mol. The first-order valence-corrected chi connectivity index (χ1v) is 5.53. The summed E-state index contributed by atoms with van der Waals surface area (Å²) in [6, 6.07) is 7.05. The third-order valence-corrected chi connectivity index (χ3v) is 3.19. The van der Waals surface area contributed by atoms with E-state index in [4.69, 9.17) is 10.8 Å². The first-order chi connectivity index (χ1) is 8.01. The Morgan fingerprint density at radius 1 is 1.47 bits per heavy atom. The highest BCUT2D eigenvalue weighted by molar-refractivity contribution is 5.79. The number of phenols is 1. The lowest BCUT2D eigenvalue weighted by atomic mass is 10.0. The van der Waals surface area contributed by atoms with Gasteiger partial charge in [-0.2, -0.15) is 0 Å². The fraction of sp³-hybridized carbons (Fsp3) is 0.417. The van der Waals surface area contributed by atoms with Gasteiger partial charge in [0.15, 0.2) is 0 Å². The van der Waals surface area contributed by atoms with E-state index in [1.807, 2.05) is 17.0 Å². The number of aliphatic carboxylic acids is 1. The van der Waals surface area contributed by atoms with Gasteiger partial charge in [0.2, 0.25) is 0 Å². The molecule has 0 saturated carbocycles. The fourth-order valence-electron chi connectivity index (χ4n) is 2.11. The van der Waals surface area contributed by atoms with Crippen molar-refractivity contribution >= 4 is 5.97 Å². The van der Waals surface area contributed by atoms with E-state index in [1.165, 1.54) is 0 Å². The lowest BCUT2D eigenvalue weighted by Gasteiger charge is -2.20. The molecule has 0 unspecified atom stereocenters. The molecule has 5 heteroatoms. The van der Waals surface area contributed by atoms with E-state index >= 15 is 0 Å². The number of hydrogen-bond acceptors (Lipinski definition) is 4. The number of nitrogens with two attached hydrogens (primary N) is 1. The van der Waals surface area contributed by atoms with Crippen molar-refractivity contribution in [2.75, 3.05) is 13.1 Å². The quantitative estimate of drug-likeness (QED) is 0.706. The largest absolute Gasteiger partial charge is 0.508 e. The van der Waals surface area contributed by atoms with Crippen LogP contribution in [0.25, 0.3) is 0 Å². The van der Waals surface area contributed by atoms with Gasteiger partial charge in [-0.3, -0.25) is 9.69 Å². The summed E-state index contributed by atoms with van der Waals surface area (Å²) < 4.78 is 0. The third kappa shape index (κ3) is 2.40. The maximum absolute atomic E-state index is 11.0. The molecule has 1 aliphatic rings. The van der Waals surface area contributed by atoms with E-state index in [9.17, 15) is 9.90 Å². The minimum atomic E-state index is -1.15. The number of likely N-dealkylation sites (tertiary alicyclic amines) is 1. The van der Waals surface area contributed by atoms with Crippen molar-refractivity contribution in [3.8, 4) is 5.75 Å². The van der Waals surface area contributed by atoms with Crippen molar-refractivity contribution in [2.24, 2.45) is 5.73 Å². The predicted molar refractivity (Wildman–Crippen MR) is 62.6 cm³/mol. The number of aromatic hydroxyl groups is 1. The molecule has 0 radical (unpaired) electrons. The summed E-state index contributed by atoms with van der Waals surface area (Å²) >= 11 is 0. The normalized spacial score (nSPS) is 25.0. The maximum Gasteiger partial charge on any atom is 0.325 e. The van der Waals surface area contributed by atoms with Crippen LogP contribution >= 0.6 is 0 Å². The summed E-state index contributed by atoms with van der Waals surface area (Å²) in [4.78, 5) is 12.9. The minimum Gasteiger partial charge on any atom is -0.508 e. The lowest BCUT2D eigenvalue weighted by Crippen LogP contribution is -2.50. The number of carbonyl (C=O) groups is 1. The van der Waals surface area contributed by atoms with Gasteiger partial charge in [-0.1, -0.05) is 18.2 Å². The molecule has 0 aliphatic carbocycles. The average Bonchev–Trinajstić information content (AvgIpc) is 2.65. The second kappa shape index (κ2) is 4.35. The van der Waals surface area contributed by atoms with Gasteiger partial charge >= 0.3 is 5.97 Å². The van der Waals surface area contributed by atoms with Crippen LogP contribution in [0, 0.1) is 0 Å². The summed E-state index contributed by atoms with van der Waals surface area (Å²) in [5.41, 5.74) is 5.43. The predicted octanol–water partition coefficient (Wildman–Crippen LogP) is 0.380. The summed E-state index contributed by atoms with van der Waals surface area (Å²) in [5.74, 6) is -0.727. The number of carboxylic acids is 1. The Bertz CT molecular complexity index is 436. The van der Waals surface area contributed by atoms with Gasteiger partial charge in [0, 0.05) is 25.2 Å². The van der Waals surface area contributed by atoms with Crippen LogP contribution in [0.3, 0.4) is 0 Å². The van der Waals surface area contributed by atoms with Gasteiger partial charge in [-0.05, 0) is 12.5 Å². The minimum absolute atomic E-state index is 0.234. The number of benzene rings is 1. The molecule has 0 aromatic heterocycles.